The van der Waals surface area contributed by atoms with Gasteiger partial charge in [-0.05, 0) is 37.3 Å². The molecule has 0 fully saturated rings. The molecule has 2 aromatic heterocycles. The molecule has 1 aliphatic carbocycles. The van der Waals surface area contributed by atoms with Crippen molar-refractivity contribution in [1.29, 1.82) is 0 Å². The van der Waals surface area contributed by atoms with Crippen LogP contribution in [0.4, 0.5) is 0 Å². The maximum atomic E-state index is 6.14. The number of aromatic nitrogens is 2. The lowest BCUT2D eigenvalue weighted by atomic mass is 9.98. The van der Waals surface area contributed by atoms with Gasteiger partial charge in [0, 0.05) is 28.9 Å². The van der Waals surface area contributed by atoms with Crippen molar-refractivity contribution < 1.29 is 0 Å². The SMILES string of the molecule is CCc1cnccc1-c1nc2c(s1)CCCC2N. The van der Waals surface area contributed by atoms with Crippen LogP contribution in [0.3, 0.4) is 0 Å². The number of fused-ring (bicyclic) bond motifs is 1. The first-order valence-corrected chi connectivity index (χ1v) is 7.29. The third-order valence-electron chi connectivity index (χ3n) is 3.51. The number of rotatable bonds is 2. The minimum atomic E-state index is 0.130. The number of hydrogen-bond donors (Lipinski definition) is 1. The van der Waals surface area contributed by atoms with Gasteiger partial charge in [0.05, 0.1) is 5.69 Å². The number of aryl methyl sites for hydroxylation is 2. The average Bonchev–Trinajstić information content (AvgIpc) is 2.84. The first-order valence-electron chi connectivity index (χ1n) is 6.48. The van der Waals surface area contributed by atoms with Crippen molar-refractivity contribution in [3.63, 3.8) is 0 Å². The van der Waals surface area contributed by atoms with Gasteiger partial charge in [-0.3, -0.25) is 4.98 Å². The van der Waals surface area contributed by atoms with Crippen molar-refractivity contribution in [2.75, 3.05) is 0 Å². The van der Waals surface area contributed by atoms with E-state index in [0.29, 0.717) is 0 Å². The van der Waals surface area contributed by atoms with Crippen molar-refractivity contribution in [3.8, 4) is 10.6 Å². The lowest BCUT2D eigenvalue weighted by molar-refractivity contribution is 0.564. The molecular weight excluding hydrogens is 242 g/mol. The topological polar surface area (TPSA) is 51.8 Å². The normalized spacial score (nSPS) is 18.7. The summed E-state index contributed by atoms with van der Waals surface area (Å²) >= 11 is 1.80. The highest BCUT2D eigenvalue weighted by atomic mass is 32.1. The van der Waals surface area contributed by atoms with Gasteiger partial charge in [-0.2, -0.15) is 0 Å². The average molecular weight is 259 g/mol. The molecule has 0 spiro atoms. The highest BCUT2D eigenvalue weighted by Crippen LogP contribution is 2.36. The van der Waals surface area contributed by atoms with Gasteiger partial charge in [-0.25, -0.2) is 4.98 Å². The van der Waals surface area contributed by atoms with E-state index in [9.17, 15) is 0 Å². The zero-order chi connectivity index (χ0) is 12.5. The van der Waals surface area contributed by atoms with E-state index < -0.39 is 0 Å². The summed E-state index contributed by atoms with van der Waals surface area (Å²) in [5, 5.41) is 1.11. The second-order valence-electron chi connectivity index (χ2n) is 4.71. The Bertz CT molecular complexity index is 562. The standard InChI is InChI=1S/C14H17N3S/c1-2-9-8-16-7-6-10(9)14-17-13-11(15)4-3-5-12(13)18-14/h6-8,11H,2-5,15H2,1H3. The van der Waals surface area contributed by atoms with Crippen molar-refractivity contribution >= 4 is 11.3 Å². The Morgan fingerprint density at radius 3 is 3.17 bits per heavy atom. The Hall–Kier alpha value is -1.26. The second-order valence-corrected chi connectivity index (χ2v) is 5.80. The molecular formula is C14H17N3S. The molecule has 1 atom stereocenters. The van der Waals surface area contributed by atoms with E-state index in [4.69, 9.17) is 10.7 Å². The highest BCUT2D eigenvalue weighted by molar-refractivity contribution is 7.15. The summed E-state index contributed by atoms with van der Waals surface area (Å²) in [5.74, 6) is 0. The summed E-state index contributed by atoms with van der Waals surface area (Å²) < 4.78 is 0. The number of pyridine rings is 1. The Balaban J connectivity index is 2.07. The van der Waals surface area contributed by atoms with Crippen molar-refractivity contribution in [2.45, 2.75) is 38.6 Å². The van der Waals surface area contributed by atoms with Crippen LogP contribution in [0, 0.1) is 0 Å². The molecule has 4 heteroatoms. The van der Waals surface area contributed by atoms with Gasteiger partial charge in [0.15, 0.2) is 0 Å². The Morgan fingerprint density at radius 1 is 1.50 bits per heavy atom. The smallest absolute Gasteiger partial charge is 0.124 e. The van der Waals surface area contributed by atoms with Crippen LogP contribution in [0.2, 0.25) is 0 Å². The highest BCUT2D eigenvalue weighted by Gasteiger charge is 2.22. The summed E-state index contributed by atoms with van der Waals surface area (Å²) in [6, 6.07) is 2.19. The fraction of sp³-hybridized carbons (Fsp3) is 0.429. The molecule has 3 rings (SSSR count). The van der Waals surface area contributed by atoms with Crippen molar-refractivity contribution in [2.24, 2.45) is 5.73 Å². The van der Waals surface area contributed by atoms with E-state index in [1.807, 2.05) is 12.4 Å². The molecule has 18 heavy (non-hydrogen) atoms. The van der Waals surface area contributed by atoms with Crippen LogP contribution < -0.4 is 5.73 Å². The van der Waals surface area contributed by atoms with E-state index in [1.165, 1.54) is 22.4 Å². The summed E-state index contributed by atoms with van der Waals surface area (Å²) in [6.07, 6.45) is 8.15. The summed E-state index contributed by atoms with van der Waals surface area (Å²) in [5.41, 5.74) is 9.75. The first-order chi connectivity index (χ1) is 8.79. The minimum Gasteiger partial charge on any atom is -0.323 e. The number of nitrogens with two attached hydrogens (primary N) is 1. The predicted molar refractivity (Wildman–Crippen MR) is 74.6 cm³/mol. The Kier molecular flexibility index (Phi) is 3.14. The number of thiazole rings is 1. The van der Waals surface area contributed by atoms with Gasteiger partial charge >= 0.3 is 0 Å². The molecule has 3 nitrogen and oxygen atoms in total. The zero-order valence-electron chi connectivity index (χ0n) is 10.5. The first kappa shape index (κ1) is 11.8. The van der Waals surface area contributed by atoms with Crippen LogP contribution in [-0.2, 0) is 12.8 Å². The fourth-order valence-electron chi connectivity index (χ4n) is 2.48. The van der Waals surface area contributed by atoms with E-state index in [2.05, 4.69) is 18.0 Å². The molecule has 0 saturated heterocycles. The number of hydrogen-bond acceptors (Lipinski definition) is 4. The zero-order valence-corrected chi connectivity index (χ0v) is 11.3. The van der Waals surface area contributed by atoms with Gasteiger partial charge in [0.2, 0.25) is 0 Å². The largest absolute Gasteiger partial charge is 0.323 e. The van der Waals surface area contributed by atoms with Gasteiger partial charge in [-0.1, -0.05) is 6.92 Å². The molecule has 94 valence electrons. The van der Waals surface area contributed by atoms with Crippen LogP contribution in [0.5, 0.6) is 0 Å². The van der Waals surface area contributed by atoms with Crippen molar-refractivity contribution in [3.05, 3.63) is 34.6 Å². The van der Waals surface area contributed by atoms with Crippen LogP contribution >= 0.6 is 11.3 Å². The molecule has 0 amide bonds. The third kappa shape index (κ3) is 1.95. The van der Waals surface area contributed by atoms with Gasteiger partial charge in [-0.15, -0.1) is 11.3 Å². The molecule has 1 aliphatic rings. The summed E-state index contributed by atoms with van der Waals surface area (Å²) in [6.45, 7) is 2.15. The lowest BCUT2D eigenvalue weighted by Gasteiger charge is -2.15. The molecule has 0 aromatic carbocycles. The molecule has 0 radical (unpaired) electrons. The van der Waals surface area contributed by atoms with Crippen LogP contribution in [0.25, 0.3) is 10.6 Å². The monoisotopic (exact) mass is 259 g/mol. The molecule has 0 bridgehead atoms. The van der Waals surface area contributed by atoms with E-state index in [-0.39, 0.29) is 6.04 Å². The lowest BCUT2D eigenvalue weighted by Crippen LogP contribution is -2.16. The van der Waals surface area contributed by atoms with Crippen LogP contribution in [0.1, 0.15) is 41.9 Å². The van der Waals surface area contributed by atoms with Gasteiger partial charge in [0.25, 0.3) is 0 Å². The summed E-state index contributed by atoms with van der Waals surface area (Å²) in [7, 11) is 0. The minimum absolute atomic E-state index is 0.130. The van der Waals surface area contributed by atoms with Gasteiger partial charge < -0.3 is 5.73 Å². The number of nitrogens with zero attached hydrogens (tertiary/aromatic N) is 2. The third-order valence-corrected chi connectivity index (χ3v) is 4.68. The maximum Gasteiger partial charge on any atom is 0.124 e. The fourth-order valence-corrected chi connectivity index (χ4v) is 3.72. The van der Waals surface area contributed by atoms with Gasteiger partial charge in [0.1, 0.15) is 5.01 Å². The van der Waals surface area contributed by atoms with Crippen molar-refractivity contribution in [1.82, 2.24) is 9.97 Å². The molecule has 2 aromatic rings. The maximum absolute atomic E-state index is 6.14. The summed E-state index contributed by atoms with van der Waals surface area (Å²) in [4.78, 5) is 10.3. The van der Waals surface area contributed by atoms with Crippen LogP contribution in [-0.4, -0.2) is 9.97 Å². The molecule has 2 N–H and O–H groups in total. The van der Waals surface area contributed by atoms with E-state index >= 15 is 0 Å². The van der Waals surface area contributed by atoms with Crippen LogP contribution in [0.15, 0.2) is 18.5 Å². The molecule has 2 heterocycles. The molecule has 0 aliphatic heterocycles. The molecule has 1 unspecified atom stereocenters. The molecule has 0 saturated carbocycles. The predicted octanol–water partition coefficient (Wildman–Crippen LogP) is 3.10. The quantitative estimate of drug-likeness (QED) is 0.901. The van der Waals surface area contributed by atoms with E-state index in [0.717, 1.165) is 30.0 Å². The Morgan fingerprint density at radius 2 is 2.39 bits per heavy atom. The van der Waals surface area contributed by atoms with E-state index in [1.54, 1.807) is 11.3 Å². The Labute approximate surface area is 111 Å². The second kappa shape index (κ2) is 4.78.